The van der Waals surface area contributed by atoms with Gasteiger partial charge in [0.15, 0.2) is 0 Å². The minimum Gasteiger partial charge on any atom is -0.391 e. The Morgan fingerprint density at radius 3 is 2.69 bits per heavy atom. The highest BCUT2D eigenvalue weighted by atomic mass is 32.1. The molecule has 4 heterocycles. The zero-order valence-electron chi connectivity index (χ0n) is 15.8. The fourth-order valence-corrected chi connectivity index (χ4v) is 4.02. The smallest absolute Gasteiger partial charge is 0.256 e. The van der Waals surface area contributed by atoms with Crippen LogP contribution in [0.5, 0.6) is 0 Å². The topological polar surface area (TPSA) is 84.1 Å². The molecule has 1 saturated heterocycles. The lowest BCUT2D eigenvalue weighted by atomic mass is 10.1. The number of thiophene rings is 1. The number of carbonyl (C=O) groups excluding carboxylic acids is 1. The molecule has 1 aliphatic heterocycles. The maximum atomic E-state index is 12.6. The highest BCUT2D eigenvalue weighted by Crippen LogP contribution is 2.18. The van der Waals surface area contributed by atoms with E-state index < -0.39 is 6.10 Å². The largest absolute Gasteiger partial charge is 0.391 e. The van der Waals surface area contributed by atoms with Gasteiger partial charge in [0.05, 0.1) is 40.0 Å². The molecule has 1 unspecified atom stereocenters. The number of β-amino-alcohol motifs (C(OH)–C–C–N with tert-alkyl or cyclic N) is 1. The molecule has 1 aromatic carbocycles. The van der Waals surface area contributed by atoms with E-state index in [2.05, 4.69) is 26.6 Å². The molecule has 148 valence electrons. The molecule has 1 aliphatic rings. The normalized spacial score (nSPS) is 16.3. The number of aromatic nitrogens is 4. The summed E-state index contributed by atoms with van der Waals surface area (Å²) >= 11 is 1.72. The lowest BCUT2D eigenvalue weighted by molar-refractivity contribution is 0.0473. The Kier molecular flexibility index (Phi) is 5.92. The Hall–Kier alpha value is -3.10. The third kappa shape index (κ3) is 4.49. The maximum Gasteiger partial charge on any atom is 0.256 e. The summed E-state index contributed by atoms with van der Waals surface area (Å²) in [6.07, 6.45) is 6.12. The molecule has 0 bridgehead atoms. The number of hydrogen-bond donors (Lipinski definition) is 1. The summed E-state index contributed by atoms with van der Waals surface area (Å²) in [5.41, 5.74) is 2.31. The van der Waals surface area contributed by atoms with Crippen LogP contribution in [0.3, 0.4) is 0 Å². The van der Waals surface area contributed by atoms with Crippen molar-refractivity contribution >= 4 is 27.5 Å². The van der Waals surface area contributed by atoms with Crippen LogP contribution >= 0.6 is 11.3 Å². The standard InChI is InChI=1S/C14H16N4O2.C7H5NS/c19-11-4-3-9-17(10-11)14(20)12-5-1-2-6-13(12)18-15-7-8-16-18;1-2-7-6(8-4-1)3-5-9-7/h1-2,5-8,11,19H,3-4,9-10H2;1-5H. The molecule has 0 aliphatic carbocycles. The van der Waals surface area contributed by atoms with E-state index in [4.69, 9.17) is 0 Å². The molecule has 4 aromatic rings. The summed E-state index contributed by atoms with van der Waals surface area (Å²) < 4.78 is 1.26. The number of nitrogens with zero attached hydrogens (tertiary/aromatic N) is 5. The van der Waals surface area contributed by atoms with Crippen LogP contribution in [0.4, 0.5) is 0 Å². The van der Waals surface area contributed by atoms with Gasteiger partial charge >= 0.3 is 0 Å². The predicted octanol–water partition coefficient (Wildman–Crippen LogP) is 3.16. The van der Waals surface area contributed by atoms with Gasteiger partial charge in [0.1, 0.15) is 0 Å². The van der Waals surface area contributed by atoms with Crippen LogP contribution in [-0.2, 0) is 0 Å². The van der Waals surface area contributed by atoms with Crippen molar-refractivity contribution < 1.29 is 9.90 Å². The number of pyridine rings is 1. The number of para-hydroxylation sites is 1. The molecule has 0 radical (unpaired) electrons. The third-order valence-corrected chi connectivity index (χ3v) is 5.54. The summed E-state index contributed by atoms with van der Waals surface area (Å²) in [6, 6.07) is 13.3. The summed E-state index contributed by atoms with van der Waals surface area (Å²) in [7, 11) is 0. The number of aliphatic hydroxyl groups excluding tert-OH is 1. The SMILES string of the molecule is O=C(c1ccccc1-n1nccn1)N1CCCC(O)C1.c1cnc2ccsc2c1. The second kappa shape index (κ2) is 8.93. The molecule has 1 amide bonds. The fourth-order valence-electron chi connectivity index (χ4n) is 3.28. The van der Waals surface area contributed by atoms with Crippen LogP contribution in [-0.4, -0.2) is 55.1 Å². The quantitative estimate of drug-likeness (QED) is 0.552. The number of amides is 1. The first-order chi connectivity index (χ1) is 14.2. The molecule has 3 aromatic heterocycles. The predicted molar refractivity (Wildman–Crippen MR) is 112 cm³/mol. The third-order valence-electron chi connectivity index (χ3n) is 4.67. The second-order valence-electron chi connectivity index (χ2n) is 6.69. The van der Waals surface area contributed by atoms with Crippen molar-refractivity contribution in [3.05, 3.63) is 72.0 Å². The maximum absolute atomic E-state index is 12.6. The number of aliphatic hydroxyl groups is 1. The molecule has 0 saturated carbocycles. The highest BCUT2D eigenvalue weighted by molar-refractivity contribution is 7.17. The van der Waals surface area contributed by atoms with E-state index in [1.54, 1.807) is 34.7 Å². The highest BCUT2D eigenvalue weighted by Gasteiger charge is 2.25. The molecule has 8 heteroatoms. The average Bonchev–Trinajstić information content (AvgIpc) is 3.46. The number of carbonyl (C=O) groups is 1. The van der Waals surface area contributed by atoms with Gasteiger partial charge in [0.2, 0.25) is 0 Å². The van der Waals surface area contributed by atoms with Crippen LogP contribution < -0.4 is 0 Å². The fraction of sp³-hybridized carbons (Fsp3) is 0.238. The zero-order chi connectivity index (χ0) is 20.1. The summed E-state index contributed by atoms with van der Waals surface area (Å²) in [5, 5.41) is 19.9. The van der Waals surface area contributed by atoms with Crippen molar-refractivity contribution in [3.8, 4) is 5.69 Å². The molecule has 1 fully saturated rings. The average molecular weight is 407 g/mol. The van der Waals surface area contributed by atoms with Crippen LogP contribution in [0.15, 0.2) is 66.4 Å². The van der Waals surface area contributed by atoms with Gasteiger partial charge in [-0.05, 0) is 48.6 Å². The number of rotatable bonds is 2. The Bertz CT molecular complexity index is 1050. The van der Waals surface area contributed by atoms with E-state index in [0.717, 1.165) is 18.4 Å². The van der Waals surface area contributed by atoms with Gasteiger partial charge in [-0.25, -0.2) is 0 Å². The van der Waals surface area contributed by atoms with E-state index in [-0.39, 0.29) is 5.91 Å². The Morgan fingerprint density at radius 2 is 1.90 bits per heavy atom. The van der Waals surface area contributed by atoms with E-state index in [0.29, 0.717) is 24.3 Å². The van der Waals surface area contributed by atoms with E-state index >= 15 is 0 Å². The van der Waals surface area contributed by atoms with Crippen molar-refractivity contribution in [1.29, 1.82) is 0 Å². The molecule has 1 N–H and O–H groups in total. The molecule has 5 rings (SSSR count). The number of benzene rings is 1. The van der Waals surface area contributed by atoms with Gasteiger partial charge < -0.3 is 10.0 Å². The van der Waals surface area contributed by atoms with Crippen molar-refractivity contribution in [1.82, 2.24) is 24.9 Å². The minimum atomic E-state index is -0.428. The molecule has 29 heavy (non-hydrogen) atoms. The van der Waals surface area contributed by atoms with Crippen molar-refractivity contribution in [2.24, 2.45) is 0 Å². The van der Waals surface area contributed by atoms with Gasteiger partial charge in [0, 0.05) is 19.3 Å². The van der Waals surface area contributed by atoms with Crippen molar-refractivity contribution in [3.63, 3.8) is 0 Å². The van der Waals surface area contributed by atoms with Crippen LogP contribution in [0.25, 0.3) is 15.9 Å². The summed E-state index contributed by atoms with van der Waals surface area (Å²) in [6.45, 7) is 1.07. The Morgan fingerprint density at radius 1 is 1.07 bits per heavy atom. The zero-order valence-corrected chi connectivity index (χ0v) is 16.6. The van der Waals surface area contributed by atoms with Gasteiger partial charge in [0.25, 0.3) is 5.91 Å². The van der Waals surface area contributed by atoms with Crippen LogP contribution in [0.2, 0.25) is 0 Å². The molecule has 1 atom stereocenters. The monoisotopic (exact) mass is 407 g/mol. The number of likely N-dealkylation sites (tertiary alicyclic amines) is 1. The van der Waals surface area contributed by atoms with Gasteiger partial charge in [-0.1, -0.05) is 12.1 Å². The van der Waals surface area contributed by atoms with Crippen molar-refractivity contribution in [2.45, 2.75) is 18.9 Å². The van der Waals surface area contributed by atoms with E-state index in [9.17, 15) is 9.90 Å². The number of piperidine rings is 1. The molecule has 7 nitrogen and oxygen atoms in total. The van der Waals surface area contributed by atoms with E-state index in [1.807, 2.05) is 36.5 Å². The van der Waals surface area contributed by atoms with Gasteiger partial charge in [-0.15, -0.1) is 11.3 Å². The van der Waals surface area contributed by atoms with Crippen LogP contribution in [0.1, 0.15) is 23.2 Å². The van der Waals surface area contributed by atoms with E-state index in [1.165, 1.54) is 9.50 Å². The summed E-state index contributed by atoms with van der Waals surface area (Å²) in [4.78, 5) is 19.9. The lowest BCUT2D eigenvalue weighted by Crippen LogP contribution is -2.42. The Labute approximate surface area is 172 Å². The van der Waals surface area contributed by atoms with Gasteiger partial charge in [-0.2, -0.15) is 15.0 Å². The summed E-state index contributed by atoms with van der Waals surface area (Å²) in [5.74, 6) is -0.0864. The molecular formula is C21H21N5O2S. The van der Waals surface area contributed by atoms with Crippen LogP contribution in [0, 0.1) is 0 Å². The Balaban J connectivity index is 0.000000188. The number of fused-ring (bicyclic) bond motifs is 1. The first-order valence-electron chi connectivity index (χ1n) is 9.43. The first-order valence-corrected chi connectivity index (χ1v) is 10.3. The molecular weight excluding hydrogens is 386 g/mol. The number of hydrogen-bond acceptors (Lipinski definition) is 6. The lowest BCUT2D eigenvalue weighted by Gasteiger charge is -2.30. The first kappa shape index (κ1) is 19.2. The second-order valence-corrected chi connectivity index (χ2v) is 7.64. The minimum absolute atomic E-state index is 0.0864. The van der Waals surface area contributed by atoms with Crippen molar-refractivity contribution in [2.75, 3.05) is 13.1 Å². The van der Waals surface area contributed by atoms with Gasteiger partial charge in [-0.3, -0.25) is 9.78 Å². The molecule has 0 spiro atoms.